The van der Waals surface area contributed by atoms with E-state index < -0.39 is 18.3 Å². The number of nitrogens with one attached hydrogen (secondary N) is 1. The molecule has 0 saturated heterocycles. The van der Waals surface area contributed by atoms with Gasteiger partial charge in [0.2, 0.25) is 5.91 Å². The molecular formula is C10H13N3O3. The van der Waals surface area contributed by atoms with E-state index in [0.29, 0.717) is 5.69 Å². The van der Waals surface area contributed by atoms with Crippen LogP contribution in [0.3, 0.4) is 0 Å². The number of carboxylic acids is 1. The number of aromatic nitrogens is 1. The van der Waals surface area contributed by atoms with Gasteiger partial charge in [-0.15, -0.1) is 0 Å². The number of anilines is 2. The van der Waals surface area contributed by atoms with Crippen LogP contribution in [-0.4, -0.2) is 36.1 Å². The zero-order valence-electron chi connectivity index (χ0n) is 9.10. The molecule has 1 heterocycles. The molecule has 1 aromatic heterocycles. The van der Waals surface area contributed by atoms with Gasteiger partial charge in [-0.2, -0.15) is 0 Å². The van der Waals surface area contributed by atoms with Gasteiger partial charge >= 0.3 is 5.97 Å². The Hall–Kier alpha value is -2.11. The lowest BCUT2D eigenvalue weighted by Gasteiger charge is -2.11. The van der Waals surface area contributed by atoms with Crippen molar-refractivity contribution in [1.82, 2.24) is 4.98 Å². The van der Waals surface area contributed by atoms with Gasteiger partial charge in [0.1, 0.15) is 12.2 Å². The van der Waals surface area contributed by atoms with Crippen LogP contribution in [0.4, 0.5) is 11.5 Å². The van der Waals surface area contributed by atoms with Crippen molar-refractivity contribution in [3.63, 3.8) is 0 Å². The maximum atomic E-state index is 11.1. The molecule has 6 heteroatoms. The van der Waals surface area contributed by atoms with Crippen molar-refractivity contribution in [3.8, 4) is 0 Å². The van der Waals surface area contributed by atoms with Gasteiger partial charge in [-0.1, -0.05) is 0 Å². The Morgan fingerprint density at radius 3 is 2.56 bits per heavy atom. The molecule has 0 bridgehead atoms. The van der Waals surface area contributed by atoms with Crippen molar-refractivity contribution in [2.45, 2.75) is 6.42 Å². The number of hydrogen-bond donors (Lipinski definition) is 2. The van der Waals surface area contributed by atoms with Crippen molar-refractivity contribution in [2.24, 2.45) is 0 Å². The highest BCUT2D eigenvalue weighted by Crippen LogP contribution is 2.11. The first-order valence-corrected chi connectivity index (χ1v) is 4.64. The SMILES string of the molecule is CN(C)c1ccc(NC(=O)CC(=O)O)cn1. The summed E-state index contributed by atoms with van der Waals surface area (Å²) in [5, 5.41) is 10.8. The number of pyridine rings is 1. The standard InChI is InChI=1S/C10H13N3O3/c1-13(2)8-4-3-7(6-11-8)12-9(14)5-10(15)16/h3-4,6H,5H2,1-2H3,(H,12,14)(H,15,16). The monoisotopic (exact) mass is 223 g/mol. The van der Waals surface area contributed by atoms with Crippen molar-refractivity contribution < 1.29 is 14.7 Å². The first kappa shape index (κ1) is 12.0. The zero-order chi connectivity index (χ0) is 12.1. The highest BCUT2D eigenvalue weighted by Gasteiger charge is 2.07. The Balaban J connectivity index is 2.62. The van der Waals surface area contributed by atoms with E-state index in [0.717, 1.165) is 5.82 Å². The largest absolute Gasteiger partial charge is 0.481 e. The Bertz CT molecular complexity index is 387. The predicted molar refractivity (Wildman–Crippen MR) is 59.4 cm³/mol. The normalized spacial score (nSPS) is 9.62. The summed E-state index contributed by atoms with van der Waals surface area (Å²) in [4.78, 5) is 27.3. The van der Waals surface area contributed by atoms with E-state index in [1.807, 2.05) is 19.0 Å². The third-order valence-electron chi connectivity index (χ3n) is 1.80. The van der Waals surface area contributed by atoms with Gasteiger partial charge in [-0.3, -0.25) is 9.59 Å². The van der Waals surface area contributed by atoms with Crippen molar-refractivity contribution in [3.05, 3.63) is 18.3 Å². The molecule has 0 aromatic carbocycles. The maximum absolute atomic E-state index is 11.1. The lowest BCUT2D eigenvalue weighted by molar-refractivity contribution is -0.139. The molecule has 2 N–H and O–H groups in total. The Kier molecular flexibility index (Phi) is 3.82. The van der Waals surface area contributed by atoms with E-state index >= 15 is 0 Å². The van der Waals surface area contributed by atoms with Gasteiger partial charge in [0.25, 0.3) is 0 Å². The molecule has 0 fully saturated rings. The average molecular weight is 223 g/mol. The van der Waals surface area contributed by atoms with Gasteiger partial charge in [-0.05, 0) is 12.1 Å². The Labute approximate surface area is 92.9 Å². The summed E-state index contributed by atoms with van der Waals surface area (Å²) in [6, 6.07) is 3.40. The number of hydrogen-bond acceptors (Lipinski definition) is 4. The van der Waals surface area contributed by atoms with Crippen LogP contribution in [0.25, 0.3) is 0 Å². The Morgan fingerprint density at radius 2 is 2.12 bits per heavy atom. The molecule has 0 unspecified atom stereocenters. The maximum Gasteiger partial charge on any atom is 0.312 e. The van der Waals surface area contributed by atoms with Gasteiger partial charge in [0, 0.05) is 14.1 Å². The predicted octanol–water partition coefficient (Wildman–Crippen LogP) is 0.561. The molecule has 0 aliphatic carbocycles. The second-order valence-electron chi connectivity index (χ2n) is 3.42. The highest BCUT2D eigenvalue weighted by atomic mass is 16.4. The molecule has 6 nitrogen and oxygen atoms in total. The Morgan fingerprint density at radius 1 is 1.44 bits per heavy atom. The molecule has 0 aliphatic rings. The van der Waals surface area contributed by atoms with Gasteiger partial charge < -0.3 is 15.3 Å². The lowest BCUT2D eigenvalue weighted by Crippen LogP contribution is -2.16. The molecule has 1 rings (SSSR count). The van der Waals surface area contributed by atoms with E-state index in [4.69, 9.17) is 5.11 Å². The number of carbonyl (C=O) groups is 2. The fourth-order valence-electron chi connectivity index (χ4n) is 1.07. The molecule has 1 aromatic rings. The summed E-state index contributed by atoms with van der Waals surface area (Å²) in [6.07, 6.45) is 0.935. The smallest absolute Gasteiger partial charge is 0.312 e. The van der Waals surface area contributed by atoms with Crippen LogP contribution < -0.4 is 10.2 Å². The zero-order valence-corrected chi connectivity index (χ0v) is 9.10. The minimum absolute atomic E-state index is 0.483. The number of nitrogens with zero attached hydrogens (tertiary/aromatic N) is 2. The minimum atomic E-state index is -1.16. The first-order valence-electron chi connectivity index (χ1n) is 4.64. The van der Waals surface area contributed by atoms with Crippen LogP contribution in [-0.2, 0) is 9.59 Å². The van der Waals surface area contributed by atoms with E-state index in [1.165, 1.54) is 6.20 Å². The van der Waals surface area contributed by atoms with Crippen LogP contribution in [0, 0.1) is 0 Å². The lowest BCUT2D eigenvalue weighted by atomic mass is 10.3. The molecule has 0 aliphatic heterocycles. The second-order valence-corrected chi connectivity index (χ2v) is 3.42. The number of aliphatic carboxylic acids is 1. The van der Waals surface area contributed by atoms with Gasteiger partial charge in [0.05, 0.1) is 11.9 Å². The summed E-state index contributed by atoms with van der Waals surface area (Å²) in [5.41, 5.74) is 0.483. The number of rotatable bonds is 4. The van der Waals surface area contributed by atoms with Crippen LogP contribution in [0.15, 0.2) is 18.3 Å². The van der Waals surface area contributed by atoms with E-state index in [9.17, 15) is 9.59 Å². The molecule has 0 radical (unpaired) electrons. The van der Waals surface area contributed by atoms with Crippen LogP contribution in [0.2, 0.25) is 0 Å². The number of carbonyl (C=O) groups excluding carboxylic acids is 1. The second kappa shape index (κ2) is 5.11. The summed E-state index contributed by atoms with van der Waals surface area (Å²) in [5.74, 6) is -0.960. The summed E-state index contributed by atoms with van der Waals surface area (Å²) >= 11 is 0. The van der Waals surface area contributed by atoms with Gasteiger partial charge in [0.15, 0.2) is 0 Å². The van der Waals surface area contributed by atoms with Crippen molar-refractivity contribution >= 4 is 23.4 Å². The molecular weight excluding hydrogens is 210 g/mol. The highest BCUT2D eigenvalue weighted by molar-refractivity contribution is 6.01. The quantitative estimate of drug-likeness (QED) is 0.729. The van der Waals surface area contributed by atoms with E-state index in [-0.39, 0.29) is 0 Å². The molecule has 16 heavy (non-hydrogen) atoms. The molecule has 0 saturated carbocycles. The van der Waals surface area contributed by atoms with Gasteiger partial charge in [-0.25, -0.2) is 4.98 Å². The van der Waals surface area contributed by atoms with E-state index in [2.05, 4.69) is 10.3 Å². The minimum Gasteiger partial charge on any atom is -0.481 e. The average Bonchev–Trinajstić information content (AvgIpc) is 2.16. The van der Waals surface area contributed by atoms with Crippen molar-refractivity contribution in [2.75, 3.05) is 24.3 Å². The summed E-state index contributed by atoms with van der Waals surface area (Å²) in [7, 11) is 3.70. The van der Waals surface area contributed by atoms with Crippen LogP contribution >= 0.6 is 0 Å². The molecule has 86 valence electrons. The molecule has 0 spiro atoms. The number of carboxylic acid groups (broad SMARTS) is 1. The van der Waals surface area contributed by atoms with Crippen LogP contribution in [0.1, 0.15) is 6.42 Å². The fraction of sp³-hybridized carbons (Fsp3) is 0.300. The van der Waals surface area contributed by atoms with Crippen molar-refractivity contribution in [1.29, 1.82) is 0 Å². The molecule has 0 atom stereocenters. The van der Waals surface area contributed by atoms with E-state index in [1.54, 1.807) is 12.1 Å². The first-order chi connectivity index (χ1) is 7.49. The third-order valence-corrected chi connectivity index (χ3v) is 1.80. The topological polar surface area (TPSA) is 82.5 Å². The third kappa shape index (κ3) is 3.56. The summed E-state index contributed by atoms with van der Waals surface area (Å²) < 4.78 is 0. The van der Waals surface area contributed by atoms with Crippen LogP contribution in [0.5, 0.6) is 0 Å². The number of amides is 1. The molecule has 1 amide bonds. The summed E-state index contributed by atoms with van der Waals surface area (Å²) in [6.45, 7) is 0. The fourth-order valence-corrected chi connectivity index (χ4v) is 1.07.